The van der Waals surface area contributed by atoms with Crippen molar-refractivity contribution in [3.8, 4) is 23.0 Å². The molecule has 5 N–H and O–H groups in total. The van der Waals surface area contributed by atoms with Gasteiger partial charge in [-0.15, -0.1) is 0 Å². The predicted molar refractivity (Wildman–Crippen MR) is 380 cm³/mol. The van der Waals surface area contributed by atoms with E-state index in [4.69, 9.17) is 61.6 Å². The maximum atomic E-state index is 14.3. The summed E-state index contributed by atoms with van der Waals surface area (Å²) in [4.78, 5) is 126. The minimum Gasteiger partial charge on any atom is -0.493 e. The smallest absolute Gasteiger partial charge is 0.416 e. The third-order valence-corrected chi connectivity index (χ3v) is 17.1. The maximum absolute atomic E-state index is 14.3. The van der Waals surface area contributed by atoms with Crippen LogP contribution in [0.15, 0.2) is 90.0 Å². The summed E-state index contributed by atoms with van der Waals surface area (Å²) in [5.41, 5.74) is 3.46. The summed E-state index contributed by atoms with van der Waals surface area (Å²) in [6.45, 7) is 19.5. The molecule has 0 aromatic heterocycles. The van der Waals surface area contributed by atoms with Gasteiger partial charge in [-0.3, -0.25) is 48.2 Å². The van der Waals surface area contributed by atoms with Crippen LogP contribution >= 0.6 is 0 Å². The number of methoxy groups -OCH3 is 2. The number of rotatable bonds is 46. The van der Waals surface area contributed by atoms with Crippen LogP contribution in [0.25, 0.3) is 0 Å². The molecule has 0 bridgehead atoms. The first-order valence-corrected chi connectivity index (χ1v) is 35.0. The highest BCUT2D eigenvalue weighted by Gasteiger charge is 2.47. The second-order valence-corrected chi connectivity index (χ2v) is 25.2. The Morgan fingerprint density at radius 2 is 1.11 bits per heavy atom. The van der Waals surface area contributed by atoms with E-state index >= 15 is 0 Å². The molecule has 0 spiro atoms. The van der Waals surface area contributed by atoms with Crippen LogP contribution in [0.2, 0.25) is 0 Å². The van der Waals surface area contributed by atoms with Crippen molar-refractivity contribution in [3.05, 3.63) is 102 Å². The van der Waals surface area contributed by atoms with Gasteiger partial charge in [-0.2, -0.15) is 0 Å². The van der Waals surface area contributed by atoms with Gasteiger partial charge >= 0.3 is 6.09 Å². The van der Waals surface area contributed by atoms with Crippen molar-refractivity contribution in [1.29, 1.82) is 0 Å². The number of amides is 9. The molecule has 0 aliphatic carbocycles. The standard InChI is InChI=1S/C73H97N9O23/c1-47(2)67(78-64(84)16-21-95-23-25-97-27-29-99-31-33-101-35-36-102-34-32-100-30-28-98-26-24-96-22-17-74-63(83)15-18-79-65(85)13-14-66(79)86)69(88)76-50(5)68(87)77-52-11-9-51(10-12-52)46-105-73(92)82-57-42-62(60(94-7)40-55(57)71(90)81-45-49(4)38-58(81)72(82)91)104-20-8-19-103-61-41-56-54(39-59(61)93-6)70(89)80-44-48(3)37-53(80)43-75-56/h9-14,39-43,47,50,53,58,67,72,91H,3-4,8,15-38,44-46H2,1-2,5-7H3,(H,74,83)(H,76,88)(H,77,87)(H,78,84)/t50-,53-,58-,67-,72-/m0/s1. The number of aliphatic hydroxyl groups excluding tert-OH is 1. The molecular weight excluding hydrogens is 1370 g/mol. The van der Waals surface area contributed by atoms with E-state index in [0.29, 0.717) is 151 Å². The molecule has 5 atom stereocenters. The number of ether oxygens (including phenoxy) is 13. The lowest BCUT2D eigenvalue weighted by Gasteiger charge is -2.31. The largest absolute Gasteiger partial charge is 0.493 e. The zero-order chi connectivity index (χ0) is 75.2. The van der Waals surface area contributed by atoms with E-state index in [-0.39, 0.29) is 119 Å². The van der Waals surface area contributed by atoms with Crippen LogP contribution in [0.1, 0.15) is 79.2 Å². The summed E-state index contributed by atoms with van der Waals surface area (Å²) in [7, 11) is 2.90. The SMILES string of the molecule is C=C1C[C@H]2C=Nc3cc(OCCCOc4cc5c(cc4OC)C(=O)N4CC(=C)C[C@H]4[C@H](O)N5C(=O)OCc4ccc(NC(=O)[C@H](C)NC(=O)[C@@H](NC(=O)CCOCCOCCOCCOCCOCCOCCOCCOCCNC(=O)CCN5C(=O)C=CC5=O)C(C)C)cc4)c(OC)cc3C(=O)N2C1. The number of anilines is 2. The molecule has 572 valence electrons. The Hall–Kier alpha value is -9.38. The van der Waals surface area contributed by atoms with E-state index in [2.05, 4.69) is 39.4 Å². The third kappa shape index (κ3) is 24.3. The number of hydrogen-bond donors (Lipinski definition) is 5. The Bertz CT molecular complexity index is 3550. The van der Waals surface area contributed by atoms with Gasteiger partial charge < -0.3 is 97.8 Å². The van der Waals surface area contributed by atoms with E-state index in [0.717, 1.165) is 15.4 Å². The lowest BCUT2D eigenvalue weighted by atomic mass is 10.0. The molecule has 0 saturated carbocycles. The van der Waals surface area contributed by atoms with Crippen LogP contribution in [0.5, 0.6) is 23.0 Å². The number of aliphatic hydroxyl groups is 1. The number of fused-ring (bicyclic) bond motifs is 4. The number of carbonyl (C=O) groups is 9. The molecule has 2 saturated heterocycles. The van der Waals surface area contributed by atoms with Gasteiger partial charge in [0.15, 0.2) is 29.2 Å². The Morgan fingerprint density at radius 3 is 1.69 bits per heavy atom. The summed E-state index contributed by atoms with van der Waals surface area (Å²) < 4.78 is 73.5. The van der Waals surface area contributed by atoms with Crippen molar-refractivity contribution in [2.45, 2.75) is 89.9 Å². The Balaban J connectivity index is 0.654. The summed E-state index contributed by atoms with van der Waals surface area (Å²) in [6.07, 6.45) is 2.80. The molecule has 32 nitrogen and oxygen atoms in total. The Labute approximate surface area is 609 Å². The quantitative estimate of drug-likeness (QED) is 0.0305. The summed E-state index contributed by atoms with van der Waals surface area (Å²) in [5.74, 6) is -2.48. The molecule has 8 rings (SSSR count). The van der Waals surface area contributed by atoms with Gasteiger partial charge in [0.05, 0.1) is 168 Å². The van der Waals surface area contributed by atoms with E-state index < -0.39 is 65.9 Å². The molecule has 9 amide bonds. The van der Waals surface area contributed by atoms with Crippen molar-refractivity contribution < 1.29 is 110 Å². The molecule has 5 aliphatic rings. The van der Waals surface area contributed by atoms with Crippen LogP contribution in [0.3, 0.4) is 0 Å². The zero-order valence-electron chi connectivity index (χ0n) is 60.2. The second-order valence-electron chi connectivity index (χ2n) is 25.2. The van der Waals surface area contributed by atoms with E-state index in [9.17, 15) is 48.3 Å². The number of benzene rings is 3. The predicted octanol–water partition coefficient (Wildman–Crippen LogP) is 3.82. The van der Waals surface area contributed by atoms with Crippen LogP contribution in [-0.4, -0.2) is 269 Å². The van der Waals surface area contributed by atoms with Gasteiger partial charge in [0.25, 0.3) is 23.6 Å². The third-order valence-electron chi connectivity index (χ3n) is 17.1. The highest BCUT2D eigenvalue weighted by Crippen LogP contribution is 2.43. The van der Waals surface area contributed by atoms with Crippen LogP contribution in [0.4, 0.5) is 21.9 Å². The zero-order valence-corrected chi connectivity index (χ0v) is 60.2. The normalized spacial score (nSPS) is 17.2. The fourth-order valence-corrected chi connectivity index (χ4v) is 11.5. The fraction of sp³-hybridized carbons (Fsp3) is 0.534. The number of nitrogens with zero attached hydrogens (tertiary/aromatic N) is 5. The van der Waals surface area contributed by atoms with Crippen LogP contribution < -0.4 is 45.1 Å². The Morgan fingerprint density at radius 1 is 0.590 bits per heavy atom. The maximum Gasteiger partial charge on any atom is 0.416 e. The molecule has 0 radical (unpaired) electrons. The number of hydrogen-bond acceptors (Lipinski definition) is 24. The average Bonchev–Trinajstić information content (AvgIpc) is 1.63. The topological polar surface area (TPSA) is 367 Å². The molecule has 105 heavy (non-hydrogen) atoms. The van der Waals surface area contributed by atoms with Crippen molar-refractivity contribution in [1.82, 2.24) is 30.7 Å². The van der Waals surface area contributed by atoms with E-state index in [1.54, 1.807) is 61.4 Å². The van der Waals surface area contributed by atoms with Gasteiger partial charge in [0.1, 0.15) is 18.7 Å². The second kappa shape index (κ2) is 41.9. The molecule has 3 aromatic carbocycles. The van der Waals surface area contributed by atoms with Gasteiger partial charge in [-0.05, 0) is 55.5 Å². The number of aliphatic imine (C=N–C) groups is 1. The van der Waals surface area contributed by atoms with Gasteiger partial charge in [-0.25, -0.2) is 9.69 Å². The van der Waals surface area contributed by atoms with Crippen molar-refractivity contribution in [2.24, 2.45) is 10.9 Å². The number of carbonyl (C=O) groups excluding carboxylic acids is 9. The highest BCUT2D eigenvalue weighted by molar-refractivity contribution is 6.13. The molecule has 2 fully saturated rings. The summed E-state index contributed by atoms with van der Waals surface area (Å²) in [6, 6.07) is 9.64. The van der Waals surface area contributed by atoms with Gasteiger partial charge in [0.2, 0.25) is 23.6 Å². The minimum atomic E-state index is -1.56. The molecule has 0 unspecified atom stereocenters. The number of imide groups is 1. The van der Waals surface area contributed by atoms with Gasteiger partial charge in [-0.1, -0.05) is 50.3 Å². The minimum absolute atomic E-state index is 0.0184. The molecule has 3 aromatic rings. The Kier molecular flexibility index (Phi) is 32.5. The molecular formula is C73H97N9O23. The monoisotopic (exact) mass is 1470 g/mol. The molecule has 32 heteroatoms. The van der Waals surface area contributed by atoms with E-state index in [1.165, 1.54) is 50.3 Å². The molecule has 5 heterocycles. The summed E-state index contributed by atoms with van der Waals surface area (Å²) in [5, 5.41) is 22.8. The first kappa shape index (κ1) is 81.3. The van der Waals surface area contributed by atoms with Crippen molar-refractivity contribution in [3.63, 3.8) is 0 Å². The first-order chi connectivity index (χ1) is 50.7. The molecule has 5 aliphatic heterocycles. The highest BCUT2D eigenvalue weighted by atomic mass is 16.6. The lowest BCUT2D eigenvalue weighted by Crippen LogP contribution is -2.53. The fourth-order valence-electron chi connectivity index (χ4n) is 11.5. The van der Waals surface area contributed by atoms with E-state index in [1.807, 2.05) is 0 Å². The van der Waals surface area contributed by atoms with Crippen molar-refractivity contribution in [2.75, 3.05) is 170 Å². The van der Waals surface area contributed by atoms with Gasteiger partial charge in [0, 0.05) is 81.6 Å². The van der Waals surface area contributed by atoms with Crippen molar-refractivity contribution >= 4 is 76.6 Å². The first-order valence-electron chi connectivity index (χ1n) is 35.0. The average molecular weight is 1470 g/mol. The van der Waals surface area contributed by atoms with Crippen LogP contribution in [0, 0.1) is 5.92 Å². The van der Waals surface area contributed by atoms with Crippen LogP contribution in [-0.2, 0) is 78.0 Å². The number of nitrogens with one attached hydrogen (secondary N) is 4. The summed E-state index contributed by atoms with van der Waals surface area (Å²) >= 11 is 0. The lowest BCUT2D eigenvalue weighted by molar-refractivity contribution is -0.137.